The van der Waals surface area contributed by atoms with E-state index in [4.69, 9.17) is 11.6 Å². The number of hydrogen-bond donors (Lipinski definition) is 1. The summed E-state index contributed by atoms with van der Waals surface area (Å²) in [6.07, 6.45) is 0. The summed E-state index contributed by atoms with van der Waals surface area (Å²) in [6.45, 7) is 6.56. The van der Waals surface area contributed by atoms with E-state index in [1.807, 2.05) is 6.07 Å². The average Bonchev–Trinajstić information content (AvgIpc) is 2.89. The van der Waals surface area contributed by atoms with Crippen molar-refractivity contribution >= 4 is 11.6 Å². The van der Waals surface area contributed by atoms with Crippen molar-refractivity contribution in [2.45, 2.75) is 19.5 Å². The molecule has 0 aromatic heterocycles. The monoisotopic (exact) mass is 268 g/mol. The summed E-state index contributed by atoms with van der Waals surface area (Å²) in [4.78, 5) is 2.49. The third-order valence-corrected chi connectivity index (χ3v) is 4.72. The van der Waals surface area contributed by atoms with Crippen molar-refractivity contribution in [1.82, 2.24) is 10.2 Å². The lowest BCUT2D eigenvalue weighted by Gasteiger charge is -2.24. The molecule has 2 nitrogen and oxygen atoms in total. The summed E-state index contributed by atoms with van der Waals surface area (Å²) in [5.74, 6) is 1.20. The van der Waals surface area contributed by atoms with Gasteiger partial charge in [-0.3, -0.25) is 4.90 Å². The molecular weight excluding hydrogens is 251 g/mol. The fourth-order valence-corrected chi connectivity index (χ4v) is 3.54. The van der Waals surface area contributed by atoms with Crippen LogP contribution in [0.25, 0.3) is 0 Å². The van der Waals surface area contributed by atoms with Gasteiger partial charge in [0.25, 0.3) is 0 Å². The van der Waals surface area contributed by atoms with Gasteiger partial charge in [0.05, 0.1) is 5.02 Å². The molecule has 1 N–H and O–H groups in total. The summed E-state index contributed by atoms with van der Waals surface area (Å²) in [6, 6.07) is 5.63. The summed E-state index contributed by atoms with van der Waals surface area (Å²) in [7, 11) is 0. The number of likely N-dealkylation sites (tertiary alicyclic amines) is 1. The fourth-order valence-electron chi connectivity index (χ4n) is 3.34. The summed E-state index contributed by atoms with van der Waals surface area (Å²) in [5.41, 5.74) is 1.10. The molecule has 3 unspecified atom stereocenters. The minimum Gasteiger partial charge on any atom is -0.316 e. The molecule has 0 bridgehead atoms. The van der Waals surface area contributed by atoms with E-state index >= 15 is 0 Å². The normalized spacial score (nSPS) is 31.8. The van der Waals surface area contributed by atoms with Crippen LogP contribution in [0.1, 0.15) is 12.5 Å². The molecule has 0 aliphatic carbocycles. The van der Waals surface area contributed by atoms with Crippen LogP contribution in [0, 0.1) is 17.7 Å². The van der Waals surface area contributed by atoms with Gasteiger partial charge in [-0.25, -0.2) is 4.39 Å². The molecule has 3 atom stereocenters. The van der Waals surface area contributed by atoms with Gasteiger partial charge in [-0.2, -0.15) is 0 Å². The van der Waals surface area contributed by atoms with Gasteiger partial charge in [0.2, 0.25) is 0 Å². The van der Waals surface area contributed by atoms with Gasteiger partial charge in [-0.15, -0.1) is 0 Å². The van der Waals surface area contributed by atoms with Gasteiger partial charge >= 0.3 is 0 Å². The maximum absolute atomic E-state index is 13.1. The Kier molecular flexibility index (Phi) is 3.31. The molecule has 2 heterocycles. The van der Waals surface area contributed by atoms with Crippen molar-refractivity contribution in [3.63, 3.8) is 0 Å². The molecule has 2 fully saturated rings. The van der Waals surface area contributed by atoms with Crippen LogP contribution in [0.2, 0.25) is 5.02 Å². The molecule has 0 radical (unpaired) electrons. The van der Waals surface area contributed by atoms with Crippen LogP contribution in [0.4, 0.5) is 4.39 Å². The highest BCUT2D eigenvalue weighted by atomic mass is 35.5. The first-order valence-electron chi connectivity index (χ1n) is 6.54. The topological polar surface area (TPSA) is 15.3 Å². The molecule has 2 aliphatic heterocycles. The van der Waals surface area contributed by atoms with E-state index in [2.05, 4.69) is 17.1 Å². The lowest BCUT2D eigenvalue weighted by molar-refractivity contribution is 0.231. The van der Waals surface area contributed by atoms with Crippen LogP contribution in [-0.4, -0.2) is 30.6 Å². The van der Waals surface area contributed by atoms with Gasteiger partial charge < -0.3 is 5.32 Å². The predicted octanol–water partition coefficient (Wildman–Crippen LogP) is 2.52. The zero-order valence-corrected chi connectivity index (χ0v) is 11.3. The van der Waals surface area contributed by atoms with Gasteiger partial charge in [0.1, 0.15) is 5.82 Å². The predicted molar refractivity (Wildman–Crippen MR) is 71.1 cm³/mol. The molecule has 0 amide bonds. The molecule has 3 rings (SSSR count). The van der Waals surface area contributed by atoms with E-state index in [1.54, 1.807) is 6.07 Å². The molecule has 0 spiro atoms. The van der Waals surface area contributed by atoms with Crippen LogP contribution in [0.3, 0.4) is 0 Å². The maximum atomic E-state index is 13.1. The quantitative estimate of drug-likeness (QED) is 0.887. The van der Waals surface area contributed by atoms with Gasteiger partial charge in [0.15, 0.2) is 0 Å². The molecular formula is C14H18ClFN2. The number of nitrogens with zero attached hydrogens (tertiary/aromatic N) is 1. The zero-order valence-electron chi connectivity index (χ0n) is 10.5. The Balaban J connectivity index is 1.71. The molecule has 1 aromatic carbocycles. The smallest absolute Gasteiger partial charge is 0.141 e. The third kappa shape index (κ3) is 2.15. The summed E-state index contributed by atoms with van der Waals surface area (Å²) in [5, 5.41) is 3.68. The number of hydrogen-bond acceptors (Lipinski definition) is 2. The number of fused-ring (bicyclic) bond motifs is 1. The first-order chi connectivity index (χ1) is 8.65. The van der Waals surface area contributed by atoms with E-state index in [-0.39, 0.29) is 10.8 Å². The Bertz CT molecular complexity index is 451. The maximum Gasteiger partial charge on any atom is 0.141 e. The first-order valence-corrected chi connectivity index (χ1v) is 6.91. The summed E-state index contributed by atoms with van der Waals surface area (Å²) < 4.78 is 13.1. The lowest BCUT2D eigenvalue weighted by atomic mass is 9.95. The minimum absolute atomic E-state index is 0.223. The Morgan fingerprint density at radius 1 is 1.44 bits per heavy atom. The van der Waals surface area contributed by atoms with E-state index in [0.717, 1.165) is 43.6 Å². The molecule has 2 saturated heterocycles. The minimum atomic E-state index is -0.337. The van der Waals surface area contributed by atoms with Crippen LogP contribution in [0.5, 0.6) is 0 Å². The standard InChI is InChI=1S/C14H18ClFN2/c1-9-12-6-17-5-11(12)8-18(9)7-10-2-3-14(16)13(15)4-10/h2-4,9,11-12,17H,5-8H2,1H3. The van der Waals surface area contributed by atoms with Crippen molar-refractivity contribution in [2.75, 3.05) is 19.6 Å². The number of nitrogens with one attached hydrogen (secondary N) is 1. The number of benzene rings is 1. The highest BCUT2D eigenvalue weighted by molar-refractivity contribution is 6.30. The SMILES string of the molecule is CC1C2CNCC2CN1Cc1ccc(F)c(Cl)c1. The van der Waals surface area contributed by atoms with Crippen molar-refractivity contribution in [3.05, 3.63) is 34.6 Å². The largest absolute Gasteiger partial charge is 0.316 e. The second kappa shape index (κ2) is 4.80. The van der Waals surface area contributed by atoms with E-state index < -0.39 is 0 Å². The van der Waals surface area contributed by atoms with Gasteiger partial charge in [-0.05, 0) is 49.5 Å². The van der Waals surface area contributed by atoms with Gasteiger partial charge in [0, 0.05) is 19.1 Å². The van der Waals surface area contributed by atoms with Crippen molar-refractivity contribution in [1.29, 1.82) is 0 Å². The second-order valence-electron chi connectivity index (χ2n) is 5.50. The first kappa shape index (κ1) is 12.4. The third-order valence-electron chi connectivity index (χ3n) is 4.43. The zero-order chi connectivity index (χ0) is 12.7. The van der Waals surface area contributed by atoms with E-state index in [0.29, 0.717) is 6.04 Å². The Labute approximate surface area is 112 Å². The van der Waals surface area contributed by atoms with Crippen LogP contribution >= 0.6 is 11.6 Å². The van der Waals surface area contributed by atoms with Gasteiger partial charge in [-0.1, -0.05) is 17.7 Å². The lowest BCUT2D eigenvalue weighted by Crippen LogP contribution is -2.32. The van der Waals surface area contributed by atoms with E-state index in [1.165, 1.54) is 6.07 Å². The second-order valence-corrected chi connectivity index (χ2v) is 5.91. The van der Waals surface area contributed by atoms with Crippen molar-refractivity contribution in [2.24, 2.45) is 11.8 Å². The van der Waals surface area contributed by atoms with Crippen molar-refractivity contribution in [3.8, 4) is 0 Å². The number of halogens is 2. The molecule has 0 saturated carbocycles. The molecule has 2 aliphatic rings. The fraction of sp³-hybridized carbons (Fsp3) is 0.571. The molecule has 18 heavy (non-hydrogen) atoms. The van der Waals surface area contributed by atoms with Crippen LogP contribution in [0.15, 0.2) is 18.2 Å². The number of rotatable bonds is 2. The molecule has 1 aromatic rings. The van der Waals surface area contributed by atoms with Crippen LogP contribution in [-0.2, 0) is 6.54 Å². The van der Waals surface area contributed by atoms with E-state index in [9.17, 15) is 4.39 Å². The van der Waals surface area contributed by atoms with Crippen molar-refractivity contribution < 1.29 is 4.39 Å². The Morgan fingerprint density at radius 2 is 2.28 bits per heavy atom. The molecule has 4 heteroatoms. The Morgan fingerprint density at radius 3 is 3.00 bits per heavy atom. The Hall–Kier alpha value is -0.640. The highest BCUT2D eigenvalue weighted by Gasteiger charge is 2.41. The van der Waals surface area contributed by atoms with Crippen LogP contribution < -0.4 is 5.32 Å². The molecule has 98 valence electrons. The highest BCUT2D eigenvalue weighted by Crippen LogP contribution is 2.33. The summed E-state index contributed by atoms with van der Waals surface area (Å²) >= 11 is 5.83. The average molecular weight is 269 g/mol.